The second-order valence-electron chi connectivity index (χ2n) is 1.77. The molecule has 0 rings (SSSR count). The van der Waals surface area contributed by atoms with E-state index >= 15 is 0 Å². The van der Waals surface area contributed by atoms with E-state index in [1.807, 2.05) is 19.0 Å². The average Bonchev–Trinajstić information content (AvgIpc) is 1.89. The first-order valence-electron chi connectivity index (χ1n) is 2.74. The van der Waals surface area contributed by atoms with Crippen LogP contribution in [0.4, 0.5) is 0 Å². The van der Waals surface area contributed by atoms with Gasteiger partial charge >= 0.3 is 21.1 Å². The van der Waals surface area contributed by atoms with Crippen molar-refractivity contribution < 1.29 is 29.5 Å². The molecular formula is C6H15NO2SW. The van der Waals surface area contributed by atoms with Crippen LogP contribution in [0.2, 0.25) is 0 Å². The van der Waals surface area contributed by atoms with Gasteiger partial charge in [-0.05, 0) is 25.2 Å². The summed E-state index contributed by atoms with van der Waals surface area (Å²) in [6, 6.07) is 0. The van der Waals surface area contributed by atoms with E-state index in [0.717, 1.165) is 6.54 Å². The molecule has 68 valence electrons. The van der Waals surface area contributed by atoms with Gasteiger partial charge in [0.1, 0.15) is 0 Å². The molecule has 3 nitrogen and oxygen atoms in total. The van der Waals surface area contributed by atoms with Crippen LogP contribution < -0.4 is 0 Å². The zero-order valence-electron chi connectivity index (χ0n) is 7.20. The molecule has 0 aliphatic carbocycles. The Kier molecular flexibility index (Phi) is 21.5. The summed E-state index contributed by atoms with van der Waals surface area (Å²) >= 11 is -1.32. The number of hydrogen-bond acceptors (Lipinski definition) is 3. The van der Waals surface area contributed by atoms with E-state index in [1.165, 1.54) is 7.11 Å². The number of rotatable bonds is 2. The summed E-state index contributed by atoms with van der Waals surface area (Å²) < 4.78 is 13.7. The van der Waals surface area contributed by atoms with Crippen LogP contribution in [0.5, 0.6) is 0 Å². The molecule has 0 radical (unpaired) electrons. The summed E-state index contributed by atoms with van der Waals surface area (Å²) in [5.74, 6) is 0. The van der Waals surface area contributed by atoms with Crippen molar-refractivity contribution in [2.45, 2.75) is 0 Å². The number of nitrogens with zero attached hydrogens (tertiary/aromatic N) is 1. The van der Waals surface area contributed by atoms with Crippen LogP contribution in [0.25, 0.3) is 0 Å². The molecule has 0 bridgehead atoms. The molecule has 5 heteroatoms. The molecule has 0 aliphatic rings. The van der Waals surface area contributed by atoms with Crippen LogP contribution in [0, 0.1) is 13.2 Å². The van der Waals surface area contributed by atoms with Gasteiger partial charge in [0.05, 0.1) is 0 Å². The second-order valence-corrected chi connectivity index (χ2v) is 2.71. The molecule has 0 saturated heterocycles. The Balaban J connectivity index is -0.000000107. The summed E-state index contributed by atoms with van der Waals surface area (Å²) in [6.07, 6.45) is 3.01. The van der Waals surface area contributed by atoms with Crippen molar-refractivity contribution in [2.75, 3.05) is 27.7 Å². The van der Waals surface area contributed by atoms with Crippen LogP contribution in [0.15, 0.2) is 0 Å². The van der Waals surface area contributed by atoms with E-state index in [9.17, 15) is 4.21 Å². The summed E-state index contributed by atoms with van der Waals surface area (Å²) in [6.45, 7) is 4.50. The van der Waals surface area contributed by atoms with Crippen molar-refractivity contribution >= 4 is 11.1 Å². The van der Waals surface area contributed by atoms with E-state index in [2.05, 4.69) is 17.4 Å². The Morgan fingerprint density at radius 2 is 1.73 bits per heavy atom. The largest absolute Gasteiger partial charge is 2.00 e. The Labute approximate surface area is 86.4 Å². The molecule has 0 spiro atoms. The Morgan fingerprint density at radius 3 is 1.73 bits per heavy atom. The van der Waals surface area contributed by atoms with E-state index in [-0.39, 0.29) is 21.1 Å². The van der Waals surface area contributed by atoms with Crippen LogP contribution in [-0.4, -0.2) is 36.9 Å². The van der Waals surface area contributed by atoms with E-state index in [4.69, 9.17) is 0 Å². The molecular weight excluding hydrogens is 334 g/mol. The van der Waals surface area contributed by atoms with Gasteiger partial charge in [0, 0.05) is 7.11 Å². The molecule has 11 heavy (non-hydrogen) atoms. The Morgan fingerprint density at radius 1 is 1.55 bits per heavy atom. The van der Waals surface area contributed by atoms with Crippen molar-refractivity contribution in [2.24, 2.45) is 0 Å². The maximum atomic E-state index is 9.59. The molecule has 0 N–H and O–H groups in total. The molecule has 0 heterocycles. The molecule has 0 aromatic rings. The van der Waals surface area contributed by atoms with Gasteiger partial charge in [0.2, 0.25) is 0 Å². The van der Waals surface area contributed by atoms with E-state index < -0.39 is 11.1 Å². The van der Waals surface area contributed by atoms with Gasteiger partial charge in [0.25, 0.3) is 0 Å². The third-order valence-corrected chi connectivity index (χ3v) is 1.00. The summed E-state index contributed by atoms with van der Waals surface area (Å²) in [5.41, 5.74) is 0. The molecule has 0 amide bonds. The van der Waals surface area contributed by atoms with Gasteiger partial charge in [-0.1, -0.05) is 0 Å². The molecule has 0 saturated carbocycles. The van der Waals surface area contributed by atoms with Gasteiger partial charge in [-0.25, -0.2) is 6.26 Å². The van der Waals surface area contributed by atoms with Gasteiger partial charge < -0.3 is 16.0 Å². The maximum Gasteiger partial charge on any atom is 2.00 e. The third-order valence-electron chi connectivity index (χ3n) is 0.633. The zero-order chi connectivity index (χ0) is 8.57. The minimum Gasteiger partial charge on any atom is -0.339 e. The fourth-order valence-electron chi connectivity index (χ4n) is 0. The molecule has 0 aromatic carbocycles. The first-order chi connectivity index (χ1) is 4.54. The molecule has 1 unspecified atom stereocenters. The predicted molar refractivity (Wildman–Crippen MR) is 44.4 cm³/mol. The molecule has 0 aromatic heterocycles. The summed E-state index contributed by atoms with van der Waals surface area (Å²) in [5, 5.41) is 0. The number of hydrogen-bond donors (Lipinski definition) is 0. The topological polar surface area (TPSA) is 29.5 Å². The normalized spacial score (nSPS) is 11.1. The fraction of sp³-hybridized carbons (Fsp3) is 0.667. The van der Waals surface area contributed by atoms with E-state index in [0.29, 0.717) is 0 Å². The van der Waals surface area contributed by atoms with Crippen molar-refractivity contribution in [3.8, 4) is 0 Å². The molecule has 0 fully saturated rings. The van der Waals surface area contributed by atoms with Crippen molar-refractivity contribution in [3.05, 3.63) is 13.2 Å². The smallest absolute Gasteiger partial charge is 0.339 e. The van der Waals surface area contributed by atoms with Gasteiger partial charge in [-0.15, -0.1) is 6.54 Å². The standard InChI is InChI=1S/C4H10N.C2H5O2S.W/c2*1-4-5(2)3;/h1,4H2,2-3H3;2H2,1H3;/q2*-1;+2. The van der Waals surface area contributed by atoms with Crippen LogP contribution in [0.3, 0.4) is 0 Å². The third kappa shape index (κ3) is 36.4. The van der Waals surface area contributed by atoms with Crippen LogP contribution in [-0.2, 0) is 36.3 Å². The summed E-state index contributed by atoms with van der Waals surface area (Å²) in [7, 11) is 5.32. The molecule has 1 atom stereocenters. The molecule has 0 aliphatic heterocycles. The summed E-state index contributed by atoms with van der Waals surface area (Å²) in [4.78, 5) is 2.01. The fourth-order valence-corrected chi connectivity index (χ4v) is 0. The van der Waals surface area contributed by atoms with Gasteiger partial charge in [0.15, 0.2) is 0 Å². The maximum absolute atomic E-state index is 9.59. The van der Waals surface area contributed by atoms with Crippen molar-refractivity contribution in [3.63, 3.8) is 0 Å². The van der Waals surface area contributed by atoms with Gasteiger partial charge in [-0.3, -0.25) is 4.21 Å². The monoisotopic (exact) mass is 349 g/mol. The van der Waals surface area contributed by atoms with Crippen LogP contribution in [0.1, 0.15) is 0 Å². The minimum atomic E-state index is -1.32. The Hall–Kier alpha value is 0.758. The second kappa shape index (κ2) is 13.4. The zero-order valence-corrected chi connectivity index (χ0v) is 11.0. The Bertz CT molecular complexity index is 90.7. The van der Waals surface area contributed by atoms with Gasteiger partial charge in [-0.2, -0.15) is 0 Å². The van der Waals surface area contributed by atoms with Crippen molar-refractivity contribution in [1.29, 1.82) is 0 Å². The SMILES string of the molecule is [CH2-]CN(C)C.[CH2-]S(=O)OC.[W+2]. The first-order valence-corrected chi connectivity index (χ1v) is 3.98. The first kappa shape index (κ1) is 17.7. The van der Waals surface area contributed by atoms with E-state index in [1.54, 1.807) is 0 Å². The minimum absolute atomic E-state index is 0. The average molecular weight is 349 g/mol. The quantitative estimate of drug-likeness (QED) is 0.679. The van der Waals surface area contributed by atoms with Crippen LogP contribution >= 0.6 is 0 Å². The van der Waals surface area contributed by atoms with Crippen molar-refractivity contribution in [1.82, 2.24) is 4.90 Å². The predicted octanol–water partition coefficient (Wildman–Crippen LogP) is 0.468.